The molecule has 0 spiro atoms. The molecule has 0 aromatic carbocycles. The second kappa shape index (κ2) is 12.6. The zero-order valence-electron chi connectivity index (χ0n) is 11.0. The Morgan fingerprint density at radius 2 is 2.00 bits per heavy atom. The fourth-order valence-corrected chi connectivity index (χ4v) is 1.31. The monoisotopic (exact) mass is 282 g/mol. The van der Waals surface area contributed by atoms with Gasteiger partial charge in [-0.25, -0.2) is 0 Å². The number of methoxy groups -OCH3 is 1. The minimum atomic E-state index is -1.03. The maximum atomic E-state index is 11.4. The highest BCUT2D eigenvalue weighted by Gasteiger charge is 2.10. The molecule has 7 heteroatoms. The van der Waals surface area contributed by atoms with E-state index in [1.165, 1.54) is 0 Å². The summed E-state index contributed by atoms with van der Waals surface area (Å²) >= 11 is 0. The lowest BCUT2D eigenvalue weighted by Crippen LogP contribution is -2.40. The molecule has 0 aliphatic rings. The van der Waals surface area contributed by atoms with Gasteiger partial charge in [-0.3, -0.25) is 14.5 Å². The number of halogens is 1. The fraction of sp³-hybridized carbons (Fsp3) is 0.818. The van der Waals surface area contributed by atoms with Crippen LogP contribution in [0.2, 0.25) is 0 Å². The Hall–Kier alpha value is -0.850. The molecule has 0 radical (unpaired) electrons. The molecule has 0 rings (SSSR count). The number of aliphatic carboxylic acids is 1. The second-order valence-electron chi connectivity index (χ2n) is 3.79. The minimum absolute atomic E-state index is 0. The molecule has 108 valence electrons. The molecule has 0 aliphatic heterocycles. The van der Waals surface area contributed by atoms with Crippen molar-refractivity contribution >= 4 is 24.3 Å². The Morgan fingerprint density at radius 3 is 2.50 bits per heavy atom. The Labute approximate surface area is 114 Å². The summed E-state index contributed by atoms with van der Waals surface area (Å²) in [4.78, 5) is 23.7. The van der Waals surface area contributed by atoms with Gasteiger partial charge >= 0.3 is 5.97 Å². The highest BCUT2D eigenvalue weighted by atomic mass is 35.5. The molecule has 0 aromatic heterocycles. The number of carboxylic acids is 1. The molecule has 0 aliphatic carbocycles. The standard InChI is InChI=1S/C11H22N2O4.ClH/c1-3-4-5-13(6-7-17-2)9-10(14)12-8-11(15)16;/h3-9H2,1-2H3,(H,12,14)(H,15,16);1H. The molecule has 0 unspecified atom stereocenters. The molecule has 6 nitrogen and oxygen atoms in total. The maximum Gasteiger partial charge on any atom is 0.322 e. The summed E-state index contributed by atoms with van der Waals surface area (Å²) < 4.78 is 4.96. The van der Waals surface area contributed by atoms with Crippen LogP contribution in [0.3, 0.4) is 0 Å². The van der Waals surface area contributed by atoms with Gasteiger partial charge in [0.1, 0.15) is 6.54 Å². The number of nitrogens with zero attached hydrogens (tertiary/aromatic N) is 1. The lowest BCUT2D eigenvalue weighted by atomic mass is 10.3. The number of hydrogen-bond donors (Lipinski definition) is 2. The van der Waals surface area contributed by atoms with E-state index < -0.39 is 5.97 Å². The number of rotatable bonds is 10. The van der Waals surface area contributed by atoms with Crippen molar-refractivity contribution in [2.75, 3.05) is 39.9 Å². The normalized spacial score (nSPS) is 9.94. The molecule has 0 saturated carbocycles. The van der Waals surface area contributed by atoms with Crippen LogP contribution in [-0.4, -0.2) is 61.8 Å². The van der Waals surface area contributed by atoms with Crippen molar-refractivity contribution in [1.82, 2.24) is 10.2 Å². The molecule has 0 bridgehead atoms. The molecule has 18 heavy (non-hydrogen) atoms. The molecular formula is C11H23ClN2O4. The van der Waals surface area contributed by atoms with Crippen molar-refractivity contribution in [3.63, 3.8) is 0 Å². The molecule has 1 amide bonds. The van der Waals surface area contributed by atoms with Crippen molar-refractivity contribution in [1.29, 1.82) is 0 Å². The van der Waals surface area contributed by atoms with Gasteiger partial charge in [0, 0.05) is 13.7 Å². The van der Waals surface area contributed by atoms with Crippen LogP contribution in [0, 0.1) is 0 Å². The predicted molar refractivity (Wildman–Crippen MR) is 71.1 cm³/mol. The maximum absolute atomic E-state index is 11.4. The summed E-state index contributed by atoms with van der Waals surface area (Å²) in [5, 5.41) is 10.8. The summed E-state index contributed by atoms with van der Waals surface area (Å²) in [5.41, 5.74) is 0. The first-order chi connectivity index (χ1) is 8.10. The van der Waals surface area contributed by atoms with Crippen LogP contribution >= 0.6 is 12.4 Å². The highest BCUT2D eigenvalue weighted by Crippen LogP contribution is 1.95. The minimum Gasteiger partial charge on any atom is -0.480 e. The zero-order chi connectivity index (χ0) is 13.1. The molecular weight excluding hydrogens is 260 g/mol. The van der Waals surface area contributed by atoms with E-state index in [1.807, 2.05) is 4.90 Å². The van der Waals surface area contributed by atoms with Crippen LogP contribution < -0.4 is 5.32 Å². The number of unbranched alkanes of at least 4 members (excludes halogenated alkanes) is 1. The van der Waals surface area contributed by atoms with Gasteiger partial charge in [0.15, 0.2) is 0 Å². The van der Waals surface area contributed by atoms with E-state index in [0.29, 0.717) is 13.2 Å². The van der Waals surface area contributed by atoms with E-state index in [9.17, 15) is 9.59 Å². The fourth-order valence-electron chi connectivity index (χ4n) is 1.31. The van der Waals surface area contributed by atoms with Gasteiger partial charge in [0.25, 0.3) is 0 Å². The average molecular weight is 283 g/mol. The van der Waals surface area contributed by atoms with E-state index >= 15 is 0 Å². The highest BCUT2D eigenvalue weighted by molar-refractivity contribution is 5.85. The van der Waals surface area contributed by atoms with E-state index in [0.717, 1.165) is 19.4 Å². The molecule has 0 saturated heterocycles. The summed E-state index contributed by atoms with van der Waals surface area (Å²) in [6.07, 6.45) is 2.07. The number of ether oxygens (including phenoxy) is 1. The Bertz CT molecular complexity index is 231. The Balaban J connectivity index is 0. The first kappa shape index (κ1) is 19.5. The zero-order valence-corrected chi connectivity index (χ0v) is 11.8. The van der Waals surface area contributed by atoms with E-state index in [-0.39, 0.29) is 31.4 Å². The average Bonchev–Trinajstić information content (AvgIpc) is 2.30. The number of nitrogens with one attached hydrogen (secondary N) is 1. The van der Waals surface area contributed by atoms with Gasteiger partial charge in [0.05, 0.1) is 13.2 Å². The van der Waals surface area contributed by atoms with Gasteiger partial charge in [-0.2, -0.15) is 0 Å². The predicted octanol–water partition coefficient (Wildman–Crippen LogP) is 0.358. The summed E-state index contributed by atoms with van der Waals surface area (Å²) in [6, 6.07) is 0. The van der Waals surface area contributed by atoms with E-state index in [2.05, 4.69) is 12.2 Å². The van der Waals surface area contributed by atoms with Crippen LogP contribution in [0.1, 0.15) is 19.8 Å². The third-order valence-electron chi connectivity index (χ3n) is 2.24. The number of hydrogen-bond acceptors (Lipinski definition) is 4. The van der Waals surface area contributed by atoms with Crippen LogP contribution in [-0.2, 0) is 14.3 Å². The van der Waals surface area contributed by atoms with Crippen molar-refractivity contribution in [2.45, 2.75) is 19.8 Å². The molecule has 2 N–H and O–H groups in total. The first-order valence-electron chi connectivity index (χ1n) is 5.80. The van der Waals surface area contributed by atoms with Crippen LogP contribution in [0.15, 0.2) is 0 Å². The van der Waals surface area contributed by atoms with Gasteiger partial charge in [-0.05, 0) is 13.0 Å². The summed E-state index contributed by atoms with van der Waals surface area (Å²) in [6.45, 7) is 4.04. The topological polar surface area (TPSA) is 78.9 Å². The largest absolute Gasteiger partial charge is 0.480 e. The van der Waals surface area contributed by atoms with Crippen LogP contribution in [0.4, 0.5) is 0 Å². The quantitative estimate of drug-likeness (QED) is 0.605. The Kier molecular flexibility index (Phi) is 13.6. The van der Waals surface area contributed by atoms with Gasteiger partial charge in [-0.1, -0.05) is 13.3 Å². The van der Waals surface area contributed by atoms with Gasteiger partial charge in [0.2, 0.25) is 5.91 Å². The summed E-state index contributed by atoms with van der Waals surface area (Å²) in [7, 11) is 1.61. The van der Waals surface area contributed by atoms with Gasteiger partial charge in [-0.15, -0.1) is 12.4 Å². The Morgan fingerprint density at radius 1 is 1.33 bits per heavy atom. The van der Waals surface area contributed by atoms with Crippen molar-refractivity contribution in [3.05, 3.63) is 0 Å². The van der Waals surface area contributed by atoms with E-state index in [4.69, 9.17) is 9.84 Å². The first-order valence-corrected chi connectivity index (χ1v) is 5.80. The van der Waals surface area contributed by atoms with Crippen LogP contribution in [0.25, 0.3) is 0 Å². The smallest absolute Gasteiger partial charge is 0.322 e. The number of carbonyl (C=O) groups excluding carboxylic acids is 1. The second-order valence-corrected chi connectivity index (χ2v) is 3.79. The third kappa shape index (κ3) is 11.6. The van der Waals surface area contributed by atoms with Crippen molar-refractivity contribution < 1.29 is 19.4 Å². The SMILES string of the molecule is CCCCN(CCOC)CC(=O)NCC(=O)O.Cl. The lowest BCUT2D eigenvalue weighted by Gasteiger charge is -2.20. The molecule has 0 aromatic rings. The number of amides is 1. The molecule has 0 atom stereocenters. The number of carboxylic acid groups (broad SMARTS) is 1. The summed E-state index contributed by atoms with van der Waals surface area (Å²) in [5.74, 6) is -1.30. The lowest BCUT2D eigenvalue weighted by molar-refractivity contribution is -0.138. The van der Waals surface area contributed by atoms with E-state index in [1.54, 1.807) is 7.11 Å². The van der Waals surface area contributed by atoms with Crippen LogP contribution in [0.5, 0.6) is 0 Å². The van der Waals surface area contributed by atoms with Crippen molar-refractivity contribution in [2.24, 2.45) is 0 Å². The molecule has 0 heterocycles. The number of carbonyl (C=O) groups is 2. The van der Waals surface area contributed by atoms with Gasteiger partial charge < -0.3 is 15.2 Å². The third-order valence-corrected chi connectivity index (χ3v) is 2.24. The van der Waals surface area contributed by atoms with Crippen molar-refractivity contribution in [3.8, 4) is 0 Å². The molecule has 0 fully saturated rings.